The van der Waals surface area contributed by atoms with Crippen molar-refractivity contribution in [2.24, 2.45) is 34.5 Å². The van der Waals surface area contributed by atoms with Crippen LogP contribution in [-0.2, 0) is 0 Å². The molecule has 0 heterocycles. The number of aliphatic hydroxyl groups is 2. The standard InChI is InChI=1S/C19H28FNO2/c1-18-5-3-11(22)7-10(18)8-15(23)16-12(18)4-6-19(2)13(16)9-14(20)17(19)21/h3,5,10-16,21-23H,4,6-9H2,1-2H3/t10?,11?,12-,13+,14?,15?,16-,18+,19+/m1/s1. The van der Waals surface area contributed by atoms with Gasteiger partial charge in [-0.3, -0.25) is 0 Å². The first-order valence-electron chi connectivity index (χ1n) is 9.06. The zero-order valence-electron chi connectivity index (χ0n) is 14.0. The van der Waals surface area contributed by atoms with Gasteiger partial charge >= 0.3 is 0 Å². The Balaban J connectivity index is 1.73. The van der Waals surface area contributed by atoms with E-state index < -0.39 is 18.4 Å². The van der Waals surface area contributed by atoms with Crippen molar-refractivity contribution in [1.82, 2.24) is 0 Å². The monoisotopic (exact) mass is 321 g/mol. The zero-order valence-corrected chi connectivity index (χ0v) is 14.0. The Morgan fingerprint density at radius 3 is 2.65 bits per heavy atom. The van der Waals surface area contributed by atoms with E-state index >= 15 is 0 Å². The molecule has 0 saturated heterocycles. The van der Waals surface area contributed by atoms with Crippen LogP contribution in [0.4, 0.5) is 4.39 Å². The van der Waals surface area contributed by atoms with E-state index in [1.807, 2.05) is 13.0 Å². The molecule has 128 valence electrons. The molecule has 9 atom stereocenters. The molecule has 4 heteroatoms. The van der Waals surface area contributed by atoms with Gasteiger partial charge in [-0.25, -0.2) is 4.39 Å². The van der Waals surface area contributed by atoms with E-state index in [-0.39, 0.29) is 28.4 Å². The van der Waals surface area contributed by atoms with Crippen LogP contribution in [0.1, 0.15) is 46.0 Å². The van der Waals surface area contributed by atoms with Gasteiger partial charge < -0.3 is 15.6 Å². The maximum absolute atomic E-state index is 14.3. The average molecular weight is 321 g/mol. The van der Waals surface area contributed by atoms with Crippen molar-refractivity contribution in [1.29, 1.82) is 5.41 Å². The van der Waals surface area contributed by atoms with Gasteiger partial charge in [0.15, 0.2) is 0 Å². The number of hydrogen-bond acceptors (Lipinski definition) is 3. The van der Waals surface area contributed by atoms with Crippen LogP contribution in [0, 0.1) is 39.9 Å². The Hall–Kier alpha value is -0.740. The molecule has 0 aliphatic heterocycles. The second-order valence-electron chi connectivity index (χ2n) is 8.89. The molecule has 3 nitrogen and oxygen atoms in total. The quantitative estimate of drug-likeness (QED) is 0.600. The minimum Gasteiger partial charge on any atom is -0.393 e. The fourth-order valence-electron chi connectivity index (χ4n) is 6.55. The molecule has 3 N–H and O–H groups in total. The Bertz CT molecular complexity index is 564. The van der Waals surface area contributed by atoms with Crippen molar-refractivity contribution in [3.8, 4) is 0 Å². The number of nitrogens with one attached hydrogen (secondary N) is 1. The minimum atomic E-state index is -1.13. The lowest BCUT2D eigenvalue weighted by atomic mass is 9.45. The van der Waals surface area contributed by atoms with Gasteiger partial charge in [-0.1, -0.05) is 26.0 Å². The summed E-state index contributed by atoms with van der Waals surface area (Å²) in [7, 11) is 0. The third kappa shape index (κ3) is 1.97. The molecule has 23 heavy (non-hydrogen) atoms. The summed E-state index contributed by atoms with van der Waals surface area (Å²) in [6.45, 7) is 4.30. The van der Waals surface area contributed by atoms with Crippen LogP contribution in [0.5, 0.6) is 0 Å². The minimum absolute atomic E-state index is 0.0129. The largest absolute Gasteiger partial charge is 0.393 e. The third-order valence-corrected chi connectivity index (χ3v) is 7.96. The molecular formula is C19H28FNO2. The fourth-order valence-corrected chi connectivity index (χ4v) is 6.55. The van der Waals surface area contributed by atoms with Crippen LogP contribution in [0.25, 0.3) is 0 Å². The van der Waals surface area contributed by atoms with E-state index in [0.717, 1.165) is 19.3 Å². The van der Waals surface area contributed by atoms with Crippen molar-refractivity contribution in [3.63, 3.8) is 0 Å². The number of rotatable bonds is 0. The SMILES string of the molecule is C[C@]12C=CC(O)CC1CC(O)[C@@H]1[C@H]2CC[C@]2(C)C(=N)C(F)C[C@@H]12. The van der Waals surface area contributed by atoms with Crippen LogP contribution in [0.2, 0.25) is 0 Å². The predicted octanol–water partition coefficient (Wildman–Crippen LogP) is 3.10. The maximum atomic E-state index is 14.3. The second kappa shape index (κ2) is 4.89. The molecule has 4 unspecified atom stereocenters. The smallest absolute Gasteiger partial charge is 0.138 e. The van der Waals surface area contributed by atoms with E-state index in [9.17, 15) is 14.6 Å². The van der Waals surface area contributed by atoms with Gasteiger partial charge in [-0.15, -0.1) is 0 Å². The molecule has 0 spiro atoms. The van der Waals surface area contributed by atoms with Gasteiger partial charge in [-0.05, 0) is 61.2 Å². The summed E-state index contributed by atoms with van der Waals surface area (Å²) >= 11 is 0. The van der Waals surface area contributed by atoms with Crippen molar-refractivity contribution in [2.45, 2.75) is 64.3 Å². The topological polar surface area (TPSA) is 64.3 Å². The first kappa shape index (κ1) is 15.8. The molecule has 0 aromatic rings. The van der Waals surface area contributed by atoms with Gasteiger partial charge in [0.05, 0.1) is 12.2 Å². The number of allylic oxidation sites excluding steroid dienone is 1. The summed E-state index contributed by atoms with van der Waals surface area (Å²) in [5.41, 5.74) is -0.126. The lowest BCUT2D eigenvalue weighted by molar-refractivity contribution is -0.130. The Kier molecular flexibility index (Phi) is 3.35. The van der Waals surface area contributed by atoms with E-state index in [1.165, 1.54) is 0 Å². The molecule has 0 aromatic heterocycles. The summed E-state index contributed by atoms with van der Waals surface area (Å²) in [6, 6.07) is 0. The average Bonchev–Trinajstić information content (AvgIpc) is 2.73. The molecule has 4 aliphatic rings. The summed E-state index contributed by atoms with van der Waals surface area (Å²) in [4.78, 5) is 0. The van der Waals surface area contributed by atoms with Crippen LogP contribution in [-0.4, -0.2) is 34.3 Å². The normalized spacial score (nSPS) is 58.5. The van der Waals surface area contributed by atoms with E-state index in [0.29, 0.717) is 24.7 Å². The van der Waals surface area contributed by atoms with Gasteiger partial charge in [0.25, 0.3) is 0 Å². The van der Waals surface area contributed by atoms with E-state index in [2.05, 4.69) is 13.0 Å². The molecule has 3 fully saturated rings. The molecule has 0 radical (unpaired) electrons. The summed E-state index contributed by atoms with van der Waals surface area (Å²) in [5, 5.41) is 29.0. The van der Waals surface area contributed by atoms with Crippen LogP contribution < -0.4 is 0 Å². The summed E-state index contributed by atoms with van der Waals surface area (Å²) in [6.07, 6.45) is 5.72. The highest BCUT2D eigenvalue weighted by molar-refractivity contribution is 5.93. The van der Waals surface area contributed by atoms with Gasteiger partial charge in [0.1, 0.15) is 6.17 Å². The number of fused-ring (bicyclic) bond motifs is 5. The van der Waals surface area contributed by atoms with Crippen LogP contribution >= 0.6 is 0 Å². The number of halogens is 1. The van der Waals surface area contributed by atoms with Gasteiger partial charge in [0.2, 0.25) is 0 Å². The summed E-state index contributed by atoms with van der Waals surface area (Å²) < 4.78 is 14.3. The second-order valence-corrected chi connectivity index (χ2v) is 8.89. The molecule has 0 bridgehead atoms. The van der Waals surface area contributed by atoms with E-state index in [1.54, 1.807) is 0 Å². The van der Waals surface area contributed by atoms with Crippen molar-refractivity contribution >= 4 is 5.71 Å². The van der Waals surface area contributed by atoms with Crippen LogP contribution in [0.15, 0.2) is 12.2 Å². The Labute approximate surface area is 137 Å². The summed E-state index contributed by atoms with van der Waals surface area (Å²) in [5.74, 6) is 0.786. The number of alkyl halides is 1. The molecule has 4 rings (SSSR count). The molecule has 0 amide bonds. The Morgan fingerprint density at radius 1 is 1.17 bits per heavy atom. The molecule has 4 aliphatic carbocycles. The van der Waals surface area contributed by atoms with E-state index in [4.69, 9.17) is 5.41 Å². The highest BCUT2D eigenvalue weighted by atomic mass is 19.1. The fraction of sp³-hybridized carbons (Fsp3) is 0.842. The maximum Gasteiger partial charge on any atom is 0.138 e. The molecule has 3 saturated carbocycles. The zero-order chi connectivity index (χ0) is 16.6. The highest BCUT2D eigenvalue weighted by Gasteiger charge is 2.62. The number of aliphatic hydroxyl groups excluding tert-OH is 2. The molecular weight excluding hydrogens is 293 g/mol. The van der Waals surface area contributed by atoms with Crippen molar-refractivity contribution < 1.29 is 14.6 Å². The van der Waals surface area contributed by atoms with Gasteiger partial charge in [-0.2, -0.15) is 0 Å². The van der Waals surface area contributed by atoms with Gasteiger partial charge in [0, 0.05) is 11.1 Å². The van der Waals surface area contributed by atoms with Crippen LogP contribution in [0.3, 0.4) is 0 Å². The third-order valence-electron chi connectivity index (χ3n) is 7.96. The van der Waals surface area contributed by atoms with Crippen molar-refractivity contribution in [2.75, 3.05) is 0 Å². The predicted molar refractivity (Wildman–Crippen MR) is 87.0 cm³/mol. The first-order valence-corrected chi connectivity index (χ1v) is 9.06. The van der Waals surface area contributed by atoms with Crippen molar-refractivity contribution in [3.05, 3.63) is 12.2 Å². The lowest BCUT2D eigenvalue weighted by Crippen LogP contribution is -2.57. The highest BCUT2D eigenvalue weighted by Crippen LogP contribution is 2.64. The number of hydrogen-bond donors (Lipinski definition) is 3. The first-order chi connectivity index (χ1) is 10.8. The molecule has 0 aromatic carbocycles. The lowest BCUT2D eigenvalue weighted by Gasteiger charge is -2.60. The Morgan fingerprint density at radius 2 is 1.91 bits per heavy atom.